The summed E-state index contributed by atoms with van der Waals surface area (Å²) in [5.74, 6) is 0.953. The summed E-state index contributed by atoms with van der Waals surface area (Å²) >= 11 is 0. The molecule has 0 bridgehead atoms. The standard InChI is InChI=1S/C11H16N2O.C6H9N/c12-11-3-1-10(2-4-11)9-13-5-7-14-8-6-13;1-2-7-4-6-3-5(1)6/h1-4H,5-9,12H2;1,6-7H,2-4H2. The molecule has 0 spiro atoms. The molecule has 114 valence electrons. The Balaban J connectivity index is 0.000000156. The zero-order valence-electron chi connectivity index (χ0n) is 12.6. The molecule has 4 nitrogen and oxygen atoms in total. The molecule has 1 aliphatic carbocycles. The molecular formula is C17H25N3O. The average Bonchev–Trinajstić information content (AvgIpc) is 3.31. The van der Waals surface area contributed by atoms with Crippen LogP contribution in [-0.2, 0) is 11.3 Å². The van der Waals surface area contributed by atoms with Gasteiger partial charge in [-0.3, -0.25) is 4.90 Å². The van der Waals surface area contributed by atoms with Crippen molar-refractivity contribution in [2.45, 2.75) is 13.0 Å². The molecule has 1 saturated carbocycles. The van der Waals surface area contributed by atoms with E-state index >= 15 is 0 Å². The SMILES string of the molecule is C1=C2CC2CNC1.Nc1ccc(CN2CCOCC2)cc1. The van der Waals surface area contributed by atoms with Gasteiger partial charge in [-0.2, -0.15) is 0 Å². The van der Waals surface area contributed by atoms with E-state index in [1.54, 1.807) is 5.57 Å². The number of hydrogen-bond donors (Lipinski definition) is 2. The first-order valence-electron chi connectivity index (χ1n) is 7.85. The fourth-order valence-corrected chi connectivity index (χ4v) is 2.78. The highest BCUT2D eigenvalue weighted by atomic mass is 16.5. The minimum absolute atomic E-state index is 0.829. The number of benzene rings is 1. The third kappa shape index (κ3) is 4.56. The van der Waals surface area contributed by atoms with E-state index in [-0.39, 0.29) is 0 Å². The number of hydrogen-bond acceptors (Lipinski definition) is 4. The molecule has 3 aliphatic rings. The molecule has 3 N–H and O–H groups in total. The lowest BCUT2D eigenvalue weighted by atomic mass is 10.2. The minimum atomic E-state index is 0.829. The van der Waals surface area contributed by atoms with Gasteiger partial charge in [0.25, 0.3) is 0 Å². The van der Waals surface area contributed by atoms with Gasteiger partial charge in [-0.1, -0.05) is 23.8 Å². The van der Waals surface area contributed by atoms with Gasteiger partial charge in [0, 0.05) is 38.4 Å². The Kier molecular flexibility index (Phi) is 4.91. The van der Waals surface area contributed by atoms with E-state index in [9.17, 15) is 0 Å². The van der Waals surface area contributed by atoms with Crippen LogP contribution in [0, 0.1) is 5.92 Å². The van der Waals surface area contributed by atoms with Crippen LogP contribution in [0.25, 0.3) is 0 Å². The first-order chi connectivity index (χ1) is 10.3. The first kappa shape index (κ1) is 14.6. The van der Waals surface area contributed by atoms with E-state index in [1.807, 2.05) is 12.1 Å². The van der Waals surface area contributed by atoms with Crippen LogP contribution >= 0.6 is 0 Å². The van der Waals surface area contributed by atoms with Crippen LogP contribution in [-0.4, -0.2) is 44.3 Å². The summed E-state index contributed by atoms with van der Waals surface area (Å²) in [4.78, 5) is 2.40. The number of nitrogens with one attached hydrogen (secondary N) is 1. The molecule has 2 aliphatic heterocycles. The Morgan fingerprint density at radius 1 is 1.19 bits per heavy atom. The highest BCUT2D eigenvalue weighted by Gasteiger charge is 2.30. The lowest BCUT2D eigenvalue weighted by Crippen LogP contribution is -2.35. The summed E-state index contributed by atoms with van der Waals surface area (Å²) in [7, 11) is 0. The number of ether oxygens (including phenoxy) is 1. The van der Waals surface area contributed by atoms with Gasteiger partial charge >= 0.3 is 0 Å². The van der Waals surface area contributed by atoms with Crippen molar-refractivity contribution in [3.63, 3.8) is 0 Å². The number of nitrogens with two attached hydrogens (primary N) is 1. The monoisotopic (exact) mass is 287 g/mol. The van der Waals surface area contributed by atoms with Crippen LogP contribution in [0.2, 0.25) is 0 Å². The Hall–Kier alpha value is -1.36. The summed E-state index contributed by atoms with van der Waals surface area (Å²) in [6.07, 6.45) is 3.70. The second-order valence-corrected chi connectivity index (χ2v) is 5.97. The Morgan fingerprint density at radius 3 is 2.57 bits per heavy atom. The summed E-state index contributed by atoms with van der Waals surface area (Å²) < 4.78 is 5.29. The van der Waals surface area contributed by atoms with E-state index in [4.69, 9.17) is 10.5 Å². The van der Waals surface area contributed by atoms with Crippen LogP contribution in [0.15, 0.2) is 35.9 Å². The van der Waals surface area contributed by atoms with Crippen LogP contribution in [0.1, 0.15) is 12.0 Å². The Morgan fingerprint density at radius 2 is 1.95 bits per heavy atom. The molecule has 2 fully saturated rings. The van der Waals surface area contributed by atoms with Crippen molar-refractivity contribution in [1.82, 2.24) is 10.2 Å². The van der Waals surface area contributed by atoms with E-state index in [0.29, 0.717) is 0 Å². The lowest BCUT2D eigenvalue weighted by Gasteiger charge is -2.26. The maximum atomic E-state index is 5.63. The molecule has 4 heteroatoms. The Labute approximate surface area is 127 Å². The van der Waals surface area contributed by atoms with E-state index in [1.165, 1.54) is 18.5 Å². The molecular weight excluding hydrogens is 262 g/mol. The second kappa shape index (κ2) is 7.07. The highest BCUT2D eigenvalue weighted by molar-refractivity contribution is 5.39. The van der Waals surface area contributed by atoms with E-state index < -0.39 is 0 Å². The zero-order chi connectivity index (χ0) is 14.5. The van der Waals surface area contributed by atoms with Gasteiger partial charge in [-0.05, 0) is 30.0 Å². The maximum Gasteiger partial charge on any atom is 0.0594 e. The van der Waals surface area contributed by atoms with Crippen LogP contribution in [0.4, 0.5) is 5.69 Å². The molecule has 1 aromatic carbocycles. The highest BCUT2D eigenvalue weighted by Crippen LogP contribution is 2.37. The van der Waals surface area contributed by atoms with Gasteiger partial charge in [0.15, 0.2) is 0 Å². The van der Waals surface area contributed by atoms with Gasteiger partial charge < -0.3 is 15.8 Å². The predicted octanol–water partition coefficient (Wildman–Crippen LogP) is 1.64. The molecule has 0 aromatic heterocycles. The molecule has 0 radical (unpaired) electrons. The smallest absolute Gasteiger partial charge is 0.0594 e. The van der Waals surface area contributed by atoms with Gasteiger partial charge in [0.2, 0.25) is 0 Å². The summed E-state index contributed by atoms with van der Waals surface area (Å²) in [5.41, 5.74) is 9.47. The van der Waals surface area contributed by atoms with Crippen molar-refractivity contribution in [2.24, 2.45) is 5.92 Å². The normalized spacial score (nSPS) is 24.4. The number of anilines is 1. The molecule has 4 rings (SSSR count). The van der Waals surface area contributed by atoms with Gasteiger partial charge in [-0.25, -0.2) is 0 Å². The molecule has 1 unspecified atom stereocenters. The van der Waals surface area contributed by atoms with Crippen molar-refractivity contribution >= 4 is 5.69 Å². The van der Waals surface area contributed by atoms with Crippen LogP contribution in [0.5, 0.6) is 0 Å². The van der Waals surface area contributed by atoms with Crippen LogP contribution < -0.4 is 11.1 Å². The van der Waals surface area contributed by atoms with Crippen LogP contribution in [0.3, 0.4) is 0 Å². The fourth-order valence-electron chi connectivity index (χ4n) is 2.78. The quantitative estimate of drug-likeness (QED) is 0.641. The van der Waals surface area contributed by atoms with E-state index in [0.717, 1.165) is 51.0 Å². The molecule has 2 heterocycles. The number of rotatable bonds is 2. The molecule has 1 atom stereocenters. The van der Waals surface area contributed by atoms with Crippen molar-refractivity contribution in [1.29, 1.82) is 0 Å². The van der Waals surface area contributed by atoms with Gasteiger partial charge in [-0.15, -0.1) is 0 Å². The topological polar surface area (TPSA) is 50.5 Å². The maximum absolute atomic E-state index is 5.63. The number of nitrogen functional groups attached to an aromatic ring is 1. The van der Waals surface area contributed by atoms with Crippen molar-refractivity contribution in [2.75, 3.05) is 45.1 Å². The first-order valence-corrected chi connectivity index (χ1v) is 7.85. The predicted molar refractivity (Wildman–Crippen MR) is 86.0 cm³/mol. The van der Waals surface area contributed by atoms with E-state index in [2.05, 4.69) is 28.4 Å². The average molecular weight is 287 g/mol. The van der Waals surface area contributed by atoms with Crippen molar-refractivity contribution in [3.8, 4) is 0 Å². The molecule has 21 heavy (non-hydrogen) atoms. The number of fused-ring (bicyclic) bond motifs is 1. The third-order valence-electron chi connectivity index (χ3n) is 4.24. The van der Waals surface area contributed by atoms with Gasteiger partial charge in [0.05, 0.1) is 13.2 Å². The number of nitrogens with zero attached hydrogens (tertiary/aromatic N) is 1. The van der Waals surface area contributed by atoms with Crippen molar-refractivity contribution in [3.05, 3.63) is 41.5 Å². The minimum Gasteiger partial charge on any atom is -0.399 e. The van der Waals surface area contributed by atoms with Gasteiger partial charge in [0.1, 0.15) is 0 Å². The Bertz CT molecular complexity index is 477. The third-order valence-corrected chi connectivity index (χ3v) is 4.24. The molecule has 1 aromatic rings. The fraction of sp³-hybridized carbons (Fsp3) is 0.529. The van der Waals surface area contributed by atoms with Crippen molar-refractivity contribution < 1.29 is 4.74 Å². The zero-order valence-corrected chi connectivity index (χ0v) is 12.6. The largest absolute Gasteiger partial charge is 0.399 e. The summed E-state index contributed by atoms with van der Waals surface area (Å²) in [6.45, 7) is 7.14. The lowest BCUT2D eigenvalue weighted by molar-refractivity contribution is 0.0342. The second-order valence-electron chi connectivity index (χ2n) is 5.97. The molecule has 0 amide bonds. The molecule has 1 saturated heterocycles. The summed E-state index contributed by atoms with van der Waals surface area (Å²) in [6, 6.07) is 8.08. The summed E-state index contributed by atoms with van der Waals surface area (Å²) in [5, 5.41) is 3.30. The number of morpholine rings is 1.